The molecule has 0 unspecified atom stereocenters. The van der Waals surface area contributed by atoms with E-state index < -0.39 is 11.6 Å². The summed E-state index contributed by atoms with van der Waals surface area (Å²) in [4.78, 5) is 4.38. The maximum Gasteiger partial charge on any atom is 0.173 e. The average molecular weight is 369 g/mol. The van der Waals surface area contributed by atoms with Crippen LogP contribution in [0.2, 0.25) is 0 Å². The van der Waals surface area contributed by atoms with Gasteiger partial charge in [0.1, 0.15) is 11.6 Å². The summed E-state index contributed by atoms with van der Waals surface area (Å²) < 4.78 is 38.0. The highest BCUT2D eigenvalue weighted by molar-refractivity contribution is 5.84. The average Bonchev–Trinajstić information content (AvgIpc) is 3.26. The molecule has 0 radical (unpaired) electrons. The topological polar surface area (TPSA) is 56.4 Å². The van der Waals surface area contributed by atoms with Gasteiger partial charge >= 0.3 is 0 Å². The first-order valence-electron chi connectivity index (χ1n) is 8.72. The summed E-state index contributed by atoms with van der Waals surface area (Å²) in [7, 11) is 1.74. The Labute approximate surface area is 153 Å². The molecule has 1 N–H and O–H groups in total. The van der Waals surface area contributed by atoms with Crippen molar-refractivity contribution in [1.82, 2.24) is 24.5 Å². The van der Waals surface area contributed by atoms with Crippen LogP contribution in [0.25, 0.3) is 27.7 Å². The third kappa shape index (κ3) is 2.77. The van der Waals surface area contributed by atoms with Crippen LogP contribution < -0.4 is 5.32 Å². The third-order valence-electron chi connectivity index (χ3n) is 4.79. The highest BCUT2D eigenvalue weighted by Gasteiger charge is 2.20. The van der Waals surface area contributed by atoms with Gasteiger partial charge in [0, 0.05) is 49.7 Å². The van der Waals surface area contributed by atoms with Crippen molar-refractivity contribution in [2.45, 2.75) is 6.10 Å². The molecule has 4 aromatic rings. The molecule has 3 aromatic heterocycles. The lowest BCUT2D eigenvalue weighted by molar-refractivity contribution is 0.0253. The minimum absolute atomic E-state index is 0.203. The quantitative estimate of drug-likeness (QED) is 0.590. The number of morpholine rings is 1. The van der Waals surface area contributed by atoms with Gasteiger partial charge in [-0.3, -0.25) is 4.68 Å². The summed E-state index contributed by atoms with van der Waals surface area (Å²) in [6.45, 7) is 2.03. The molecular weight excluding hydrogens is 352 g/mol. The summed E-state index contributed by atoms with van der Waals surface area (Å²) in [6, 6.07) is 4.56. The monoisotopic (exact) mass is 369 g/mol. The first-order chi connectivity index (χ1) is 13.1. The van der Waals surface area contributed by atoms with Crippen LogP contribution in [0.4, 0.5) is 8.78 Å². The van der Waals surface area contributed by atoms with Gasteiger partial charge in [0.05, 0.1) is 12.3 Å². The van der Waals surface area contributed by atoms with E-state index in [9.17, 15) is 8.78 Å². The van der Waals surface area contributed by atoms with Crippen LogP contribution >= 0.6 is 0 Å². The summed E-state index contributed by atoms with van der Waals surface area (Å²) >= 11 is 0. The first-order valence-corrected chi connectivity index (χ1v) is 8.72. The predicted octanol–water partition coefficient (Wildman–Crippen LogP) is 2.83. The lowest BCUT2D eigenvalue weighted by Crippen LogP contribution is -2.33. The number of pyridine rings is 1. The number of hydrogen-bond acceptors (Lipinski definition) is 4. The smallest absolute Gasteiger partial charge is 0.173 e. The number of rotatable bonds is 2. The fraction of sp³-hybridized carbons (Fsp3) is 0.263. The van der Waals surface area contributed by atoms with Gasteiger partial charge in [0.25, 0.3) is 0 Å². The van der Waals surface area contributed by atoms with Crippen LogP contribution in [0, 0.1) is 11.6 Å². The lowest BCUT2D eigenvalue weighted by atomic mass is 10.1. The van der Waals surface area contributed by atoms with Crippen LogP contribution in [-0.2, 0) is 11.8 Å². The third-order valence-corrected chi connectivity index (χ3v) is 4.79. The van der Waals surface area contributed by atoms with E-state index in [4.69, 9.17) is 4.74 Å². The summed E-state index contributed by atoms with van der Waals surface area (Å²) in [5, 5.41) is 8.01. The molecule has 8 heteroatoms. The van der Waals surface area contributed by atoms with E-state index in [-0.39, 0.29) is 11.8 Å². The van der Waals surface area contributed by atoms with Crippen molar-refractivity contribution in [3.05, 3.63) is 54.1 Å². The van der Waals surface area contributed by atoms with Crippen molar-refractivity contribution in [3.63, 3.8) is 0 Å². The van der Waals surface area contributed by atoms with Gasteiger partial charge in [0.2, 0.25) is 0 Å². The second-order valence-corrected chi connectivity index (χ2v) is 6.74. The SMILES string of the molecule is Cn1cc2cc(-c3cc(F)c4nc([C@H]5CNCCO5)cn4c3)cc(F)c2n1. The molecule has 27 heavy (non-hydrogen) atoms. The van der Waals surface area contributed by atoms with E-state index in [0.717, 1.165) is 6.54 Å². The van der Waals surface area contributed by atoms with E-state index in [2.05, 4.69) is 15.4 Å². The first kappa shape index (κ1) is 16.3. The minimum atomic E-state index is -0.464. The van der Waals surface area contributed by atoms with Gasteiger partial charge in [-0.2, -0.15) is 5.10 Å². The maximum absolute atomic E-state index is 14.7. The molecule has 1 aromatic carbocycles. The number of imidazole rings is 1. The van der Waals surface area contributed by atoms with E-state index in [1.165, 1.54) is 12.1 Å². The number of aryl methyl sites for hydroxylation is 1. The molecular formula is C19H17F2N5O. The van der Waals surface area contributed by atoms with E-state index in [1.54, 1.807) is 40.8 Å². The molecule has 138 valence electrons. The molecule has 6 nitrogen and oxygen atoms in total. The van der Waals surface area contributed by atoms with Crippen molar-refractivity contribution in [2.75, 3.05) is 19.7 Å². The lowest BCUT2D eigenvalue weighted by Gasteiger charge is -2.21. The fourth-order valence-electron chi connectivity index (χ4n) is 3.52. The second-order valence-electron chi connectivity index (χ2n) is 6.74. The second kappa shape index (κ2) is 6.11. The van der Waals surface area contributed by atoms with Gasteiger partial charge < -0.3 is 14.5 Å². The highest BCUT2D eigenvalue weighted by Crippen LogP contribution is 2.28. The normalized spacial score (nSPS) is 17.8. The molecule has 1 atom stereocenters. The summed E-state index contributed by atoms with van der Waals surface area (Å²) in [5.74, 6) is -0.897. The van der Waals surface area contributed by atoms with Crippen LogP contribution in [0.5, 0.6) is 0 Å². The zero-order chi connectivity index (χ0) is 18.5. The van der Waals surface area contributed by atoms with Crippen molar-refractivity contribution >= 4 is 16.6 Å². The molecule has 1 aliphatic heterocycles. The molecule has 1 saturated heterocycles. The zero-order valence-corrected chi connectivity index (χ0v) is 14.6. The van der Waals surface area contributed by atoms with Crippen molar-refractivity contribution < 1.29 is 13.5 Å². The van der Waals surface area contributed by atoms with Crippen LogP contribution in [0.1, 0.15) is 11.8 Å². The van der Waals surface area contributed by atoms with Crippen LogP contribution in [0.3, 0.4) is 0 Å². The minimum Gasteiger partial charge on any atom is -0.369 e. The Balaban J connectivity index is 1.61. The number of aromatic nitrogens is 4. The number of nitrogens with zero attached hydrogens (tertiary/aromatic N) is 4. The molecule has 1 fully saturated rings. The van der Waals surface area contributed by atoms with E-state index >= 15 is 0 Å². The van der Waals surface area contributed by atoms with Gasteiger partial charge in [-0.25, -0.2) is 13.8 Å². The van der Waals surface area contributed by atoms with Gasteiger partial charge in [-0.15, -0.1) is 0 Å². The van der Waals surface area contributed by atoms with Gasteiger partial charge in [-0.05, 0) is 23.8 Å². The molecule has 0 spiro atoms. The Kier molecular flexibility index (Phi) is 3.70. The molecule has 4 heterocycles. The number of fused-ring (bicyclic) bond motifs is 2. The Hall–Kier alpha value is -2.84. The molecule has 0 aliphatic carbocycles. The van der Waals surface area contributed by atoms with Gasteiger partial charge in [0.15, 0.2) is 17.3 Å². The van der Waals surface area contributed by atoms with Crippen molar-refractivity contribution in [3.8, 4) is 11.1 Å². The Morgan fingerprint density at radius 2 is 1.96 bits per heavy atom. The number of nitrogens with one attached hydrogen (secondary N) is 1. The number of ether oxygens (including phenoxy) is 1. The number of benzene rings is 1. The van der Waals surface area contributed by atoms with E-state index in [1.807, 2.05) is 0 Å². The molecule has 1 aliphatic rings. The van der Waals surface area contributed by atoms with Crippen molar-refractivity contribution in [2.24, 2.45) is 7.05 Å². The maximum atomic E-state index is 14.7. The summed E-state index contributed by atoms with van der Waals surface area (Å²) in [6.07, 6.45) is 5.05. The van der Waals surface area contributed by atoms with E-state index in [0.29, 0.717) is 40.9 Å². The highest BCUT2D eigenvalue weighted by atomic mass is 19.1. The largest absolute Gasteiger partial charge is 0.369 e. The van der Waals surface area contributed by atoms with Gasteiger partial charge in [-0.1, -0.05) is 0 Å². The Bertz CT molecular complexity index is 1160. The van der Waals surface area contributed by atoms with Crippen LogP contribution in [0.15, 0.2) is 36.8 Å². The van der Waals surface area contributed by atoms with Crippen LogP contribution in [-0.4, -0.2) is 38.9 Å². The molecule has 5 rings (SSSR count). The van der Waals surface area contributed by atoms with Crippen molar-refractivity contribution in [1.29, 1.82) is 0 Å². The predicted molar refractivity (Wildman–Crippen MR) is 96.4 cm³/mol. The standard InChI is InChI=1S/C19H17F2N5O/c1-25-8-13-4-11(5-14(20)18(13)24-25)12-6-15(21)19-23-16(10-26(19)9-12)17-7-22-2-3-27-17/h4-6,8-10,17,22H,2-3,7H2,1H3/t17-/m1/s1. The molecule has 0 bridgehead atoms. The number of halogens is 2. The zero-order valence-electron chi connectivity index (χ0n) is 14.6. The fourth-order valence-corrected chi connectivity index (χ4v) is 3.52. The number of hydrogen-bond donors (Lipinski definition) is 1. The summed E-state index contributed by atoms with van der Waals surface area (Å²) in [5.41, 5.74) is 2.35. The Morgan fingerprint density at radius 1 is 1.11 bits per heavy atom. The Morgan fingerprint density at radius 3 is 2.78 bits per heavy atom. The molecule has 0 amide bonds. The molecule has 0 saturated carbocycles.